The number of hydrogen-bond donors (Lipinski definition) is 1. The molecule has 1 saturated heterocycles. The van der Waals surface area contributed by atoms with Crippen molar-refractivity contribution >= 4 is 23.5 Å². The predicted molar refractivity (Wildman–Crippen MR) is 56.2 cm³/mol. The highest BCUT2D eigenvalue weighted by molar-refractivity contribution is 7.64. The van der Waals surface area contributed by atoms with E-state index in [1.165, 1.54) is 0 Å². The van der Waals surface area contributed by atoms with Crippen LogP contribution in [0.15, 0.2) is 0 Å². The summed E-state index contributed by atoms with van der Waals surface area (Å²) in [6.07, 6.45) is -6.07. The summed E-state index contributed by atoms with van der Waals surface area (Å²) in [4.78, 5) is 42.1. The lowest BCUT2D eigenvalue weighted by molar-refractivity contribution is -0.339. The summed E-state index contributed by atoms with van der Waals surface area (Å²) in [5.41, 5.74) is 0. The molecule has 0 radical (unpaired) electrons. The second-order valence-electron chi connectivity index (χ2n) is 4.24. The number of rotatable bonds is 7. The highest BCUT2D eigenvalue weighted by Crippen LogP contribution is 2.60. The molecule has 5 atom stereocenters. The van der Waals surface area contributed by atoms with Crippen molar-refractivity contribution in [1.29, 1.82) is 0 Å². The number of aliphatic hydroxyl groups is 1. The van der Waals surface area contributed by atoms with Gasteiger partial charge in [0.15, 0.2) is 0 Å². The van der Waals surface area contributed by atoms with Crippen molar-refractivity contribution in [3.05, 3.63) is 0 Å². The molecule has 0 aromatic heterocycles. The Morgan fingerprint density at radius 1 is 1.13 bits per heavy atom. The second-order valence-corrected chi connectivity index (χ2v) is 8.48. The van der Waals surface area contributed by atoms with Crippen LogP contribution in [-0.2, 0) is 31.6 Å². The normalized spacial score (nSPS) is 33.1. The van der Waals surface area contributed by atoms with E-state index in [0.717, 1.165) is 6.92 Å². The first-order valence-electron chi connectivity index (χ1n) is 5.48. The molecule has 0 spiro atoms. The summed E-state index contributed by atoms with van der Waals surface area (Å²) in [5, 5.41) is 9.22. The fourth-order valence-electron chi connectivity index (χ4n) is 1.49. The number of phosphoric ester groups is 1. The minimum Gasteiger partial charge on any atom is -0.790 e. The van der Waals surface area contributed by atoms with Crippen molar-refractivity contribution < 1.29 is 65.0 Å². The molecule has 23 heavy (non-hydrogen) atoms. The highest BCUT2D eigenvalue weighted by Gasteiger charge is 2.56. The van der Waals surface area contributed by atoms with Gasteiger partial charge in [-0.3, -0.25) is 13.4 Å². The molecule has 0 amide bonds. The van der Waals surface area contributed by atoms with Crippen LogP contribution in [-0.4, -0.2) is 35.9 Å². The lowest BCUT2D eigenvalue weighted by atomic mass is 10.1. The third-order valence-corrected chi connectivity index (χ3v) is 6.13. The van der Waals surface area contributed by atoms with Gasteiger partial charge >= 0.3 is 5.92 Å². The van der Waals surface area contributed by atoms with Crippen molar-refractivity contribution in [2.75, 3.05) is 6.61 Å². The summed E-state index contributed by atoms with van der Waals surface area (Å²) in [6.45, 7) is -0.384. The molecule has 1 heterocycles. The number of phosphoric acid groups is 3. The first-order chi connectivity index (χ1) is 10.1. The maximum atomic E-state index is 13.2. The first kappa shape index (κ1) is 21.2. The molecule has 0 aliphatic carbocycles. The molecule has 17 heteroatoms. The van der Waals surface area contributed by atoms with E-state index in [2.05, 4.69) is 17.9 Å². The van der Waals surface area contributed by atoms with Crippen LogP contribution in [0.4, 0.5) is 8.78 Å². The van der Waals surface area contributed by atoms with Crippen molar-refractivity contribution in [3.8, 4) is 0 Å². The predicted octanol–water partition coefficient (Wildman–Crippen LogP) is -2.41. The van der Waals surface area contributed by atoms with Gasteiger partial charge in [0.25, 0.3) is 15.6 Å². The molecule has 138 valence electrons. The maximum Gasteiger partial charge on any atom is 0.301 e. The fraction of sp³-hybridized carbons (Fsp3) is 1.00. The number of hydrogen-bond acceptors (Lipinski definition) is 12. The van der Waals surface area contributed by atoms with E-state index < -0.39 is 54.3 Å². The molecule has 0 aromatic rings. The third-order valence-electron chi connectivity index (χ3n) is 2.46. The smallest absolute Gasteiger partial charge is 0.301 e. The van der Waals surface area contributed by atoms with Crippen molar-refractivity contribution in [3.63, 3.8) is 0 Å². The Balaban J connectivity index is 2.65. The zero-order valence-electron chi connectivity index (χ0n) is 11.0. The van der Waals surface area contributed by atoms with E-state index in [0.29, 0.717) is 0 Å². The Morgan fingerprint density at radius 3 is 2.04 bits per heavy atom. The second kappa shape index (κ2) is 6.83. The van der Waals surface area contributed by atoms with E-state index in [1.54, 1.807) is 0 Å². The van der Waals surface area contributed by atoms with Crippen molar-refractivity contribution in [2.45, 2.75) is 31.2 Å². The van der Waals surface area contributed by atoms with Gasteiger partial charge in [0, 0.05) is 0 Å². The quantitative estimate of drug-likeness (QED) is 0.441. The SMILES string of the molecule is C[C@@H]1O[C@H](COP(=O)([O-])OP(=O)([O-])OP(=O)([O-])[O-])[C@H](O)C1(F)F. The zero-order valence-corrected chi connectivity index (χ0v) is 13.7. The van der Waals surface area contributed by atoms with Crippen LogP contribution < -0.4 is 19.6 Å². The van der Waals surface area contributed by atoms with Gasteiger partial charge in [-0.25, -0.2) is 13.1 Å². The van der Waals surface area contributed by atoms with Crippen LogP contribution in [0.5, 0.6) is 0 Å². The van der Waals surface area contributed by atoms with Crippen LogP contribution >= 0.6 is 23.5 Å². The van der Waals surface area contributed by atoms with Gasteiger partial charge in [-0.2, -0.15) is 0 Å². The Hall–Kier alpha value is 0.190. The molecular weight excluding hydrogens is 395 g/mol. The summed E-state index contributed by atoms with van der Waals surface area (Å²) in [5.74, 6) is -3.71. The van der Waals surface area contributed by atoms with E-state index in [4.69, 9.17) is 0 Å². The number of halogens is 2. The summed E-state index contributed by atoms with van der Waals surface area (Å²) in [7, 11) is -18.1. The monoisotopic (exact) mass is 404 g/mol. The molecular formula is C6H9F2O12P3-4. The minimum absolute atomic E-state index is 0.885. The minimum atomic E-state index is -6.14. The largest absolute Gasteiger partial charge is 0.790 e. The molecule has 0 bridgehead atoms. The molecule has 1 rings (SSSR count). The van der Waals surface area contributed by atoms with Gasteiger partial charge in [0.1, 0.15) is 18.3 Å². The molecule has 1 fully saturated rings. The van der Waals surface area contributed by atoms with Crippen molar-refractivity contribution in [1.82, 2.24) is 0 Å². The molecule has 0 aromatic carbocycles. The molecule has 1 N–H and O–H groups in total. The highest BCUT2D eigenvalue weighted by atomic mass is 31.3. The van der Waals surface area contributed by atoms with Gasteiger partial charge in [0.2, 0.25) is 0 Å². The Kier molecular flexibility index (Phi) is 6.31. The zero-order chi connectivity index (χ0) is 18.3. The lowest BCUT2D eigenvalue weighted by Gasteiger charge is -2.37. The Bertz CT molecular complexity index is 575. The summed E-state index contributed by atoms with van der Waals surface area (Å²) < 4.78 is 73.1. The van der Waals surface area contributed by atoms with Crippen LogP contribution in [0.1, 0.15) is 6.92 Å². The van der Waals surface area contributed by atoms with Gasteiger partial charge < -0.3 is 38.5 Å². The summed E-state index contributed by atoms with van der Waals surface area (Å²) in [6, 6.07) is 0. The number of alkyl halides is 2. The molecule has 2 unspecified atom stereocenters. The number of ether oxygens (including phenoxy) is 1. The first-order valence-corrected chi connectivity index (χ1v) is 9.87. The van der Waals surface area contributed by atoms with Gasteiger partial charge in [0.05, 0.1) is 14.4 Å². The Morgan fingerprint density at radius 2 is 1.65 bits per heavy atom. The molecule has 1 aliphatic rings. The average Bonchev–Trinajstić information content (AvgIpc) is 2.45. The average molecular weight is 404 g/mol. The van der Waals surface area contributed by atoms with Crippen LogP contribution in [0.2, 0.25) is 0 Å². The van der Waals surface area contributed by atoms with Gasteiger partial charge in [-0.15, -0.1) is 0 Å². The standard InChI is InChI=1S/C6H13F2O12P3/c1-3-6(7,8)5(9)4(18-3)2-17-22(13,14)20-23(15,16)19-21(10,11)12/h3-5,9H,2H2,1H3,(H,13,14)(H,15,16)(H2,10,11,12)/p-4/t3-,4+,5-/m0/s1. The van der Waals surface area contributed by atoms with Gasteiger partial charge in [-0.1, -0.05) is 0 Å². The third kappa shape index (κ3) is 6.20. The molecule has 12 nitrogen and oxygen atoms in total. The fourth-order valence-corrected chi connectivity index (χ4v) is 4.36. The van der Waals surface area contributed by atoms with Crippen LogP contribution in [0.3, 0.4) is 0 Å². The van der Waals surface area contributed by atoms with Crippen molar-refractivity contribution in [2.24, 2.45) is 0 Å². The van der Waals surface area contributed by atoms with Crippen LogP contribution in [0.25, 0.3) is 0 Å². The van der Waals surface area contributed by atoms with E-state index >= 15 is 0 Å². The van der Waals surface area contributed by atoms with Gasteiger partial charge in [-0.05, 0) is 6.92 Å². The number of aliphatic hydroxyl groups excluding tert-OH is 1. The van der Waals surface area contributed by atoms with Crippen LogP contribution in [0, 0.1) is 0 Å². The topological polar surface area (TPSA) is 201 Å². The molecule has 0 saturated carbocycles. The Labute approximate surface area is 127 Å². The summed E-state index contributed by atoms with van der Waals surface area (Å²) >= 11 is 0. The maximum absolute atomic E-state index is 13.2. The van der Waals surface area contributed by atoms with E-state index in [1.807, 2.05) is 0 Å². The molecule has 1 aliphatic heterocycles. The lowest BCUT2D eigenvalue weighted by Crippen LogP contribution is -2.40. The van der Waals surface area contributed by atoms with E-state index in [9.17, 15) is 47.2 Å². The van der Waals surface area contributed by atoms with E-state index in [-0.39, 0.29) is 0 Å².